The standard InChI is InChI=1S/C5H12P.C5H5.3BrH.Zr/c1-4-5-6(2)3;1-2-4-5-3-1;;;;/h4H,5H2,1-3H3;1-3H,4H2;3*1H;/q2*-1;;;;+3/p-3. The van der Waals surface area contributed by atoms with E-state index in [9.17, 15) is 0 Å². The third-order valence-corrected chi connectivity index (χ3v) is 2.23. The van der Waals surface area contributed by atoms with E-state index in [4.69, 9.17) is 0 Å². The SMILES string of the molecule is C[CH-]CP(C)C.[Br-].[Br-].[Br-].[C-]1=CC=CC1.[Zr+3]. The second kappa shape index (κ2) is 25.2. The van der Waals surface area contributed by atoms with E-state index in [1.807, 2.05) is 12.2 Å². The fraction of sp³-hybridized carbons (Fsp3) is 0.500. The van der Waals surface area contributed by atoms with Crippen LogP contribution >= 0.6 is 7.92 Å². The molecular formula is C10H17Br3PZr-2. The molecule has 0 saturated carbocycles. The normalized spacial score (nSPS) is 9.87. The summed E-state index contributed by atoms with van der Waals surface area (Å²) in [6.07, 6.45) is 13.5. The first-order valence-corrected chi connectivity index (χ1v) is 6.33. The van der Waals surface area contributed by atoms with Gasteiger partial charge in [-0.15, -0.1) is 14.3 Å². The Balaban J connectivity index is -0.0000000352. The second-order valence-corrected chi connectivity index (χ2v) is 5.20. The molecule has 0 N–H and O–H groups in total. The van der Waals surface area contributed by atoms with E-state index in [0.29, 0.717) is 7.92 Å². The summed E-state index contributed by atoms with van der Waals surface area (Å²) in [6.45, 7) is 6.69. The Morgan fingerprint density at radius 1 is 1.27 bits per heavy atom. The minimum absolute atomic E-state index is 0. The summed E-state index contributed by atoms with van der Waals surface area (Å²) in [5, 5.41) is 0. The Morgan fingerprint density at radius 2 is 1.80 bits per heavy atom. The van der Waals surface area contributed by atoms with Crippen molar-refractivity contribution in [1.82, 2.24) is 0 Å². The molecular weight excluding hydrogens is 482 g/mol. The summed E-state index contributed by atoms with van der Waals surface area (Å²) in [5.41, 5.74) is 0. The molecule has 0 spiro atoms. The van der Waals surface area contributed by atoms with Crippen LogP contribution in [0.3, 0.4) is 0 Å². The quantitative estimate of drug-likeness (QED) is 0.263. The van der Waals surface area contributed by atoms with Gasteiger partial charge in [0.15, 0.2) is 0 Å². The fourth-order valence-corrected chi connectivity index (χ4v) is 1.44. The van der Waals surface area contributed by atoms with Crippen LogP contribution in [0.5, 0.6) is 0 Å². The molecule has 0 aromatic rings. The minimum atomic E-state index is 0. The Bertz CT molecular complexity index is 129. The predicted octanol–water partition coefficient (Wildman–Crippen LogP) is -5.73. The molecule has 0 saturated heterocycles. The summed E-state index contributed by atoms with van der Waals surface area (Å²) in [4.78, 5) is 0. The summed E-state index contributed by atoms with van der Waals surface area (Å²) < 4.78 is 0. The first-order chi connectivity index (χ1) is 5.27. The molecule has 0 aromatic carbocycles. The van der Waals surface area contributed by atoms with Crippen LogP contribution in [0.25, 0.3) is 0 Å². The summed E-state index contributed by atoms with van der Waals surface area (Å²) in [5.74, 6) is 0. The predicted molar refractivity (Wildman–Crippen MR) is 55.2 cm³/mol. The van der Waals surface area contributed by atoms with E-state index >= 15 is 0 Å². The zero-order chi connectivity index (χ0) is 8.53. The molecule has 15 heavy (non-hydrogen) atoms. The Hall–Kier alpha value is 2.23. The van der Waals surface area contributed by atoms with Crippen LogP contribution in [-0.4, -0.2) is 19.5 Å². The number of allylic oxidation sites excluding steroid dienone is 4. The molecule has 5 heteroatoms. The van der Waals surface area contributed by atoms with Gasteiger partial charge in [-0.2, -0.15) is 19.2 Å². The monoisotopic (exact) mass is 495 g/mol. The molecule has 0 bridgehead atoms. The summed E-state index contributed by atoms with van der Waals surface area (Å²) in [7, 11) is 0.344. The maximum Gasteiger partial charge on any atom is 3.00 e. The first kappa shape index (κ1) is 30.3. The Labute approximate surface area is 147 Å². The van der Waals surface area contributed by atoms with Gasteiger partial charge < -0.3 is 57.4 Å². The molecule has 1 aliphatic rings. The van der Waals surface area contributed by atoms with E-state index < -0.39 is 0 Å². The van der Waals surface area contributed by atoms with Crippen LogP contribution in [0.15, 0.2) is 18.2 Å². The molecule has 0 nitrogen and oxygen atoms in total. The molecule has 0 aromatic heterocycles. The van der Waals surface area contributed by atoms with E-state index in [-0.39, 0.29) is 77.1 Å². The van der Waals surface area contributed by atoms with E-state index in [1.165, 1.54) is 6.16 Å². The molecule has 0 aliphatic heterocycles. The van der Waals surface area contributed by atoms with Gasteiger partial charge >= 0.3 is 26.2 Å². The zero-order valence-corrected chi connectivity index (χ0v) is 17.4. The molecule has 0 unspecified atom stereocenters. The van der Waals surface area contributed by atoms with Gasteiger partial charge in [0.1, 0.15) is 0 Å². The third kappa shape index (κ3) is 31.4. The molecule has 1 radical (unpaired) electrons. The number of rotatable bonds is 2. The second-order valence-electron chi connectivity index (χ2n) is 2.67. The van der Waals surface area contributed by atoms with Crippen LogP contribution in [0.1, 0.15) is 13.3 Å². The maximum atomic E-state index is 2.99. The van der Waals surface area contributed by atoms with Crippen molar-refractivity contribution >= 4 is 7.92 Å². The van der Waals surface area contributed by atoms with E-state index in [1.54, 1.807) is 0 Å². The van der Waals surface area contributed by atoms with Crippen molar-refractivity contribution in [1.29, 1.82) is 0 Å². The average molecular weight is 499 g/mol. The van der Waals surface area contributed by atoms with E-state index in [2.05, 4.69) is 38.8 Å². The zero-order valence-electron chi connectivity index (χ0n) is 9.30. The summed E-state index contributed by atoms with van der Waals surface area (Å²) >= 11 is 0. The van der Waals surface area contributed by atoms with Crippen LogP contribution in [-0.2, 0) is 26.2 Å². The summed E-state index contributed by atoms with van der Waals surface area (Å²) in [6, 6.07) is 0. The van der Waals surface area contributed by atoms with Crippen LogP contribution in [0.4, 0.5) is 0 Å². The van der Waals surface area contributed by atoms with Gasteiger partial charge in [-0.1, -0.05) is 0 Å². The van der Waals surface area contributed by atoms with Gasteiger partial charge in [-0.05, 0) is 13.3 Å². The van der Waals surface area contributed by atoms with E-state index in [0.717, 1.165) is 6.42 Å². The van der Waals surface area contributed by atoms with Crippen LogP contribution in [0, 0.1) is 12.5 Å². The average Bonchev–Trinajstić information content (AvgIpc) is 2.41. The van der Waals surface area contributed by atoms with Gasteiger partial charge in [0.25, 0.3) is 0 Å². The smallest absolute Gasteiger partial charge is 1.00 e. The number of hydrogen-bond acceptors (Lipinski definition) is 0. The van der Waals surface area contributed by atoms with Gasteiger partial charge in [0, 0.05) is 0 Å². The maximum absolute atomic E-state index is 2.99. The molecule has 0 atom stereocenters. The molecule has 1 rings (SSSR count). The van der Waals surface area contributed by atoms with Gasteiger partial charge in [0.05, 0.1) is 0 Å². The van der Waals surface area contributed by atoms with Gasteiger partial charge in [-0.25, -0.2) is 12.2 Å². The van der Waals surface area contributed by atoms with Crippen molar-refractivity contribution in [3.63, 3.8) is 0 Å². The van der Waals surface area contributed by atoms with Crippen molar-refractivity contribution in [3.05, 3.63) is 30.7 Å². The van der Waals surface area contributed by atoms with Gasteiger partial charge in [-0.3, -0.25) is 6.08 Å². The Morgan fingerprint density at radius 3 is 1.87 bits per heavy atom. The molecule has 0 fully saturated rings. The number of hydrogen-bond donors (Lipinski definition) is 0. The van der Waals surface area contributed by atoms with Gasteiger partial charge in [0.2, 0.25) is 0 Å². The van der Waals surface area contributed by atoms with Crippen molar-refractivity contribution in [3.8, 4) is 0 Å². The molecule has 89 valence electrons. The largest absolute Gasteiger partial charge is 3.00 e. The third-order valence-electron chi connectivity index (χ3n) is 1.13. The van der Waals surface area contributed by atoms with Crippen molar-refractivity contribution in [2.45, 2.75) is 13.3 Å². The van der Waals surface area contributed by atoms with Crippen molar-refractivity contribution < 1.29 is 77.1 Å². The van der Waals surface area contributed by atoms with Crippen molar-refractivity contribution in [2.75, 3.05) is 19.5 Å². The first-order valence-electron chi connectivity index (χ1n) is 3.91. The molecule has 0 amide bonds. The van der Waals surface area contributed by atoms with Crippen LogP contribution in [0.2, 0.25) is 0 Å². The minimum Gasteiger partial charge on any atom is -1.00 e. The topological polar surface area (TPSA) is 0 Å². The molecule has 0 heterocycles. The van der Waals surface area contributed by atoms with Crippen LogP contribution < -0.4 is 50.9 Å². The van der Waals surface area contributed by atoms with Crippen molar-refractivity contribution in [2.24, 2.45) is 0 Å². The fourth-order valence-electron chi connectivity index (χ4n) is 0.705. The number of halogens is 3. The Kier molecular flexibility index (Phi) is 50.9. The molecule has 1 aliphatic carbocycles.